The van der Waals surface area contributed by atoms with Crippen molar-refractivity contribution in [2.24, 2.45) is 0 Å². The lowest BCUT2D eigenvalue weighted by Gasteiger charge is -2.11. The topological polar surface area (TPSA) is 69.9 Å². The highest BCUT2D eigenvalue weighted by molar-refractivity contribution is 6.07. The molecule has 0 aliphatic carbocycles. The van der Waals surface area contributed by atoms with Gasteiger partial charge in [-0.1, -0.05) is 36.4 Å². The Kier molecular flexibility index (Phi) is 5.63. The summed E-state index contributed by atoms with van der Waals surface area (Å²) < 4.78 is 22.2. The van der Waals surface area contributed by atoms with E-state index in [2.05, 4.69) is 5.32 Å². The minimum Gasteiger partial charge on any atom is -0.495 e. The van der Waals surface area contributed by atoms with Crippen LogP contribution in [0.3, 0.4) is 0 Å². The summed E-state index contributed by atoms with van der Waals surface area (Å²) in [6.45, 7) is 0.590. The van der Waals surface area contributed by atoms with Crippen molar-refractivity contribution < 1.29 is 23.4 Å². The van der Waals surface area contributed by atoms with Crippen LogP contribution in [0.5, 0.6) is 11.5 Å². The molecule has 6 nitrogen and oxygen atoms in total. The molecule has 0 aliphatic heterocycles. The van der Waals surface area contributed by atoms with Gasteiger partial charge in [-0.25, -0.2) is 0 Å². The van der Waals surface area contributed by atoms with Crippen molar-refractivity contribution >= 4 is 33.5 Å². The SMILES string of the molecule is COc1cc2c(cc1NC(=O)COCCOc1ccccc1)oc1ccccc12. The van der Waals surface area contributed by atoms with Crippen LogP contribution in [0, 0.1) is 0 Å². The van der Waals surface area contributed by atoms with Crippen molar-refractivity contribution in [3.8, 4) is 11.5 Å². The molecule has 148 valence electrons. The Morgan fingerprint density at radius 1 is 0.931 bits per heavy atom. The molecule has 0 spiro atoms. The van der Waals surface area contributed by atoms with E-state index in [1.54, 1.807) is 13.2 Å². The number of amides is 1. The van der Waals surface area contributed by atoms with E-state index in [0.29, 0.717) is 30.2 Å². The molecular formula is C23H21NO5. The van der Waals surface area contributed by atoms with Crippen LogP contribution in [-0.2, 0) is 9.53 Å². The number of hydrogen-bond acceptors (Lipinski definition) is 5. The van der Waals surface area contributed by atoms with Gasteiger partial charge in [0.2, 0.25) is 5.91 Å². The molecule has 0 fully saturated rings. The second-order valence-electron chi connectivity index (χ2n) is 6.41. The molecule has 29 heavy (non-hydrogen) atoms. The van der Waals surface area contributed by atoms with E-state index >= 15 is 0 Å². The van der Waals surface area contributed by atoms with Crippen LogP contribution in [-0.4, -0.2) is 32.8 Å². The van der Waals surface area contributed by atoms with E-state index in [1.807, 2.05) is 60.7 Å². The molecule has 1 aromatic heterocycles. The zero-order chi connectivity index (χ0) is 20.1. The molecule has 0 aliphatic rings. The fraction of sp³-hybridized carbons (Fsp3) is 0.174. The first-order valence-electron chi connectivity index (χ1n) is 9.29. The van der Waals surface area contributed by atoms with Gasteiger partial charge in [-0.3, -0.25) is 4.79 Å². The first-order chi connectivity index (χ1) is 14.2. The Balaban J connectivity index is 1.36. The van der Waals surface area contributed by atoms with Crippen LogP contribution in [0.1, 0.15) is 0 Å². The van der Waals surface area contributed by atoms with Crippen molar-refractivity contribution in [2.75, 3.05) is 32.2 Å². The molecule has 3 aromatic carbocycles. The molecule has 4 rings (SSSR count). The first-order valence-corrected chi connectivity index (χ1v) is 9.29. The van der Waals surface area contributed by atoms with Gasteiger partial charge >= 0.3 is 0 Å². The number of benzene rings is 3. The van der Waals surface area contributed by atoms with Crippen molar-refractivity contribution in [3.63, 3.8) is 0 Å². The Morgan fingerprint density at radius 3 is 2.55 bits per heavy atom. The highest BCUT2D eigenvalue weighted by Gasteiger charge is 2.14. The van der Waals surface area contributed by atoms with Gasteiger partial charge in [0.15, 0.2) is 0 Å². The number of methoxy groups -OCH3 is 1. The van der Waals surface area contributed by atoms with Gasteiger partial charge in [0.25, 0.3) is 0 Å². The molecule has 0 unspecified atom stereocenters. The second-order valence-corrected chi connectivity index (χ2v) is 6.41. The molecular weight excluding hydrogens is 370 g/mol. The zero-order valence-electron chi connectivity index (χ0n) is 16.0. The van der Waals surface area contributed by atoms with E-state index in [4.69, 9.17) is 18.6 Å². The molecule has 0 radical (unpaired) electrons. The quantitative estimate of drug-likeness (QED) is 0.444. The van der Waals surface area contributed by atoms with E-state index in [-0.39, 0.29) is 12.5 Å². The van der Waals surface area contributed by atoms with Crippen LogP contribution in [0.4, 0.5) is 5.69 Å². The molecule has 6 heteroatoms. The van der Waals surface area contributed by atoms with E-state index in [0.717, 1.165) is 22.1 Å². The van der Waals surface area contributed by atoms with Crippen LogP contribution in [0.15, 0.2) is 71.1 Å². The Labute approximate surface area is 168 Å². The van der Waals surface area contributed by atoms with Crippen molar-refractivity contribution in [1.82, 2.24) is 0 Å². The maximum absolute atomic E-state index is 12.3. The number of rotatable bonds is 8. The summed E-state index contributed by atoms with van der Waals surface area (Å²) in [6.07, 6.45) is 0. The number of fused-ring (bicyclic) bond motifs is 3. The van der Waals surface area contributed by atoms with Gasteiger partial charge in [-0.15, -0.1) is 0 Å². The van der Waals surface area contributed by atoms with Crippen LogP contribution in [0.2, 0.25) is 0 Å². The van der Waals surface area contributed by atoms with Gasteiger partial charge in [0.1, 0.15) is 35.9 Å². The van der Waals surface area contributed by atoms with Gasteiger partial charge in [0, 0.05) is 16.8 Å². The zero-order valence-corrected chi connectivity index (χ0v) is 16.0. The van der Waals surface area contributed by atoms with Gasteiger partial charge in [-0.2, -0.15) is 0 Å². The molecule has 1 N–H and O–H groups in total. The van der Waals surface area contributed by atoms with Crippen molar-refractivity contribution in [2.45, 2.75) is 0 Å². The molecule has 0 atom stereocenters. The molecule has 1 heterocycles. The predicted molar refractivity (Wildman–Crippen MR) is 112 cm³/mol. The predicted octanol–water partition coefficient (Wildman–Crippen LogP) is 4.63. The third-order valence-corrected chi connectivity index (χ3v) is 4.45. The molecule has 1 amide bonds. The number of furan rings is 1. The number of anilines is 1. The highest BCUT2D eigenvalue weighted by Crippen LogP contribution is 2.36. The third-order valence-electron chi connectivity index (χ3n) is 4.45. The monoisotopic (exact) mass is 391 g/mol. The van der Waals surface area contributed by atoms with Gasteiger partial charge < -0.3 is 23.9 Å². The summed E-state index contributed by atoms with van der Waals surface area (Å²) in [6, 6.07) is 20.9. The Bertz CT molecular complexity index is 1120. The van der Waals surface area contributed by atoms with Crippen LogP contribution in [0.25, 0.3) is 21.9 Å². The number of ether oxygens (including phenoxy) is 3. The van der Waals surface area contributed by atoms with E-state index in [1.165, 1.54) is 0 Å². The third kappa shape index (κ3) is 4.33. The van der Waals surface area contributed by atoms with Gasteiger partial charge in [-0.05, 0) is 24.3 Å². The summed E-state index contributed by atoms with van der Waals surface area (Å²) in [5, 5.41) is 4.75. The smallest absolute Gasteiger partial charge is 0.250 e. The summed E-state index contributed by atoms with van der Waals surface area (Å²) in [5.74, 6) is 1.05. The lowest BCUT2D eigenvalue weighted by Crippen LogP contribution is -2.20. The molecule has 0 saturated carbocycles. The average molecular weight is 391 g/mol. The molecule has 4 aromatic rings. The molecule has 0 saturated heterocycles. The summed E-state index contributed by atoms with van der Waals surface area (Å²) in [4.78, 5) is 12.3. The van der Waals surface area contributed by atoms with Gasteiger partial charge in [0.05, 0.1) is 19.4 Å². The standard InChI is InChI=1S/C23H21NO5/c1-26-22-13-18-17-9-5-6-10-20(17)29-21(18)14-19(22)24-23(25)15-27-11-12-28-16-7-3-2-4-8-16/h2-10,13-14H,11-12,15H2,1H3,(H,24,25). The average Bonchev–Trinajstić information content (AvgIpc) is 3.11. The maximum Gasteiger partial charge on any atom is 0.250 e. The Hall–Kier alpha value is -3.51. The summed E-state index contributed by atoms with van der Waals surface area (Å²) in [7, 11) is 1.57. The highest BCUT2D eigenvalue weighted by atomic mass is 16.5. The molecule has 0 bridgehead atoms. The number of carbonyl (C=O) groups is 1. The second kappa shape index (κ2) is 8.67. The van der Waals surface area contributed by atoms with E-state index < -0.39 is 0 Å². The Morgan fingerprint density at radius 2 is 1.72 bits per heavy atom. The lowest BCUT2D eigenvalue weighted by molar-refractivity contribution is -0.120. The normalized spacial score (nSPS) is 10.9. The summed E-state index contributed by atoms with van der Waals surface area (Å²) in [5.41, 5.74) is 2.00. The lowest BCUT2D eigenvalue weighted by atomic mass is 10.1. The minimum absolute atomic E-state index is 0.0839. The van der Waals surface area contributed by atoms with Crippen molar-refractivity contribution in [3.05, 3.63) is 66.7 Å². The summed E-state index contributed by atoms with van der Waals surface area (Å²) >= 11 is 0. The van der Waals surface area contributed by atoms with Crippen molar-refractivity contribution in [1.29, 1.82) is 0 Å². The number of carbonyl (C=O) groups excluding carboxylic acids is 1. The number of nitrogens with one attached hydrogen (secondary N) is 1. The first kappa shape index (κ1) is 18.8. The van der Waals surface area contributed by atoms with E-state index in [9.17, 15) is 4.79 Å². The largest absolute Gasteiger partial charge is 0.495 e. The number of hydrogen-bond donors (Lipinski definition) is 1. The fourth-order valence-corrected chi connectivity index (χ4v) is 3.10. The number of para-hydroxylation sites is 2. The fourth-order valence-electron chi connectivity index (χ4n) is 3.10. The van der Waals surface area contributed by atoms with Crippen LogP contribution >= 0.6 is 0 Å². The minimum atomic E-state index is -0.279. The maximum atomic E-state index is 12.3. The van der Waals surface area contributed by atoms with Crippen LogP contribution < -0.4 is 14.8 Å².